The van der Waals surface area contributed by atoms with Crippen molar-refractivity contribution in [2.45, 2.75) is 33.4 Å². The van der Waals surface area contributed by atoms with Crippen molar-refractivity contribution < 1.29 is 14.6 Å². The van der Waals surface area contributed by atoms with Crippen LogP contribution in [0.3, 0.4) is 0 Å². The normalized spacial score (nSPS) is 11.8. The number of nitrogens with zero attached hydrogens (tertiary/aromatic N) is 1. The molecule has 0 saturated heterocycles. The van der Waals surface area contributed by atoms with Crippen LogP contribution >= 0.6 is 0 Å². The van der Waals surface area contributed by atoms with Crippen LogP contribution in [0.2, 0.25) is 0 Å². The molecule has 0 aliphatic heterocycles. The fourth-order valence-corrected chi connectivity index (χ4v) is 1.93. The van der Waals surface area contributed by atoms with Gasteiger partial charge in [-0.2, -0.15) is 0 Å². The molecule has 5 heteroatoms. The van der Waals surface area contributed by atoms with E-state index in [2.05, 4.69) is 5.32 Å². The molecule has 2 amide bonds. The molecule has 0 radical (unpaired) electrons. The Bertz CT molecular complexity index is 447. The Balaban J connectivity index is 2.53. The molecule has 2 N–H and O–H groups in total. The lowest BCUT2D eigenvalue weighted by Crippen LogP contribution is -2.40. The van der Waals surface area contributed by atoms with E-state index in [4.69, 9.17) is 4.74 Å². The third kappa shape index (κ3) is 5.09. The molecule has 0 aliphatic carbocycles. The van der Waals surface area contributed by atoms with Crippen LogP contribution in [0.4, 0.5) is 4.79 Å². The van der Waals surface area contributed by atoms with Gasteiger partial charge in [0, 0.05) is 20.1 Å². The first-order chi connectivity index (χ1) is 9.43. The predicted molar refractivity (Wildman–Crippen MR) is 78.9 cm³/mol. The number of carbonyl (C=O) groups is 1. The lowest BCUT2D eigenvalue weighted by Gasteiger charge is -2.19. The smallest absolute Gasteiger partial charge is 0.317 e. The van der Waals surface area contributed by atoms with Gasteiger partial charge in [-0.15, -0.1) is 0 Å². The Labute approximate surface area is 120 Å². The third-order valence-electron chi connectivity index (χ3n) is 2.87. The number of benzene rings is 1. The molecule has 0 spiro atoms. The van der Waals surface area contributed by atoms with Gasteiger partial charge in [0.1, 0.15) is 5.75 Å². The van der Waals surface area contributed by atoms with E-state index >= 15 is 0 Å². The molecule has 1 aromatic carbocycles. The summed E-state index contributed by atoms with van der Waals surface area (Å²) >= 11 is 0. The van der Waals surface area contributed by atoms with Crippen molar-refractivity contribution in [2.24, 2.45) is 0 Å². The number of aliphatic hydroxyl groups excluding tert-OH is 1. The number of rotatable bonds is 6. The standard InChI is InChI=1S/C15H24N2O3/c1-5-20-14-7-6-13(8-11(14)2)9-16-15(19)17(4)10-12(3)18/h6-8,12,18H,5,9-10H2,1-4H3,(H,16,19). The summed E-state index contributed by atoms with van der Waals surface area (Å²) in [5.41, 5.74) is 2.07. The molecule has 0 saturated carbocycles. The number of hydrogen-bond acceptors (Lipinski definition) is 3. The number of ether oxygens (including phenoxy) is 1. The third-order valence-corrected chi connectivity index (χ3v) is 2.87. The van der Waals surface area contributed by atoms with Crippen LogP contribution in [0.1, 0.15) is 25.0 Å². The molecule has 112 valence electrons. The van der Waals surface area contributed by atoms with Gasteiger partial charge >= 0.3 is 6.03 Å². The fraction of sp³-hybridized carbons (Fsp3) is 0.533. The zero-order valence-corrected chi connectivity index (χ0v) is 12.6. The molecule has 1 atom stereocenters. The van der Waals surface area contributed by atoms with Crippen LogP contribution in [-0.2, 0) is 6.54 Å². The molecular formula is C15H24N2O3. The maximum absolute atomic E-state index is 11.8. The van der Waals surface area contributed by atoms with Crippen LogP contribution in [-0.4, -0.2) is 42.3 Å². The lowest BCUT2D eigenvalue weighted by atomic mass is 10.1. The van der Waals surface area contributed by atoms with Crippen molar-refractivity contribution in [2.75, 3.05) is 20.2 Å². The monoisotopic (exact) mass is 280 g/mol. The number of aryl methyl sites for hydroxylation is 1. The highest BCUT2D eigenvalue weighted by atomic mass is 16.5. The van der Waals surface area contributed by atoms with Gasteiger partial charge in [0.2, 0.25) is 0 Å². The van der Waals surface area contributed by atoms with Gasteiger partial charge < -0.3 is 20.1 Å². The summed E-state index contributed by atoms with van der Waals surface area (Å²) in [6.07, 6.45) is -0.529. The molecule has 1 aromatic rings. The fourth-order valence-electron chi connectivity index (χ4n) is 1.93. The zero-order valence-electron chi connectivity index (χ0n) is 12.6. The van der Waals surface area contributed by atoms with Crippen LogP contribution in [0.25, 0.3) is 0 Å². The molecule has 0 aliphatic rings. The van der Waals surface area contributed by atoms with Crippen molar-refractivity contribution in [3.8, 4) is 5.75 Å². The topological polar surface area (TPSA) is 61.8 Å². The summed E-state index contributed by atoms with van der Waals surface area (Å²) in [6, 6.07) is 5.66. The Morgan fingerprint density at radius 1 is 1.50 bits per heavy atom. The first kappa shape index (κ1) is 16.3. The Morgan fingerprint density at radius 2 is 2.20 bits per heavy atom. The number of likely N-dealkylation sites (N-methyl/N-ethyl adjacent to an activating group) is 1. The van der Waals surface area contributed by atoms with Gasteiger partial charge in [0.05, 0.1) is 12.7 Å². The summed E-state index contributed by atoms with van der Waals surface area (Å²) in [5, 5.41) is 12.1. The van der Waals surface area contributed by atoms with Crippen molar-refractivity contribution in [1.29, 1.82) is 0 Å². The minimum Gasteiger partial charge on any atom is -0.494 e. The first-order valence-corrected chi connectivity index (χ1v) is 6.83. The molecule has 20 heavy (non-hydrogen) atoms. The number of amides is 2. The van der Waals surface area contributed by atoms with Crippen molar-refractivity contribution >= 4 is 6.03 Å². The maximum Gasteiger partial charge on any atom is 0.317 e. The summed E-state index contributed by atoms with van der Waals surface area (Å²) in [6.45, 7) is 6.99. The highest BCUT2D eigenvalue weighted by Crippen LogP contribution is 2.18. The average molecular weight is 280 g/mol. The first-order valence-electron chi connectivity index (χ1n) is 6.83. The van der Waals surface area contributed by atoms with Gasteiger partial charge in [-0.1, -0.05) is 12.1 Å². The van der Waals surface area contributed by atoms with Crippen LogP contribution in [0.15, 0.2) is 18.2 Å². The molecule has 0 fully saturated rings. The average Bonchev–Trinajstić information content (AvgIpc) is 2.38. The van der Waals surface area contributed by atoms with Gasteiger partial charge in [0.25, 0.3) is 0 Å². The molecular weight excluding hydrogens is 256 g/mol. The zero-order chi connectivity index (χ0) is 15.1. The Hall–Kier alpha value is -1.75. The number of nitrogens with one attached hydrogen (secondary N) is 1. The van der Waals surface area contributed by atoms with E-state index in [-0.39, 0.29) is 6.03 Å². The van der Waals surface area contributed by atoms with E-state index in [9.17, 15) is 9.90 Å². The van der Waals surface area contributed by atoms with E-state index in [0.29, 0.717) is 19.7 Å². The summed E-state index contributed by atoms with van der Waals surface area (Å²) in [7, 11) is 1.66. The quantitative estimate of drug-likeness (QED) is 0.837. The molecule has 1 unspecified atom stereocenters. The number of aliphatic hydroxyl groups is 1. The summed E-state index contributed by atoms with van der Waals surface area (Å²) in [4.78, 5) is 13.2. The second-order valence-corrected chi connectivity index (χ2v) is 4.92. The van der Waals surface area contributed by atoms with Gasteiger partial charge in [0.15, 0.2) is 0 Å². The van der Waals surface area contributed by atoms with E-state index in [1.807, 2.05) is 32.0 Å². The molecule has 0 bridgehead atoms. The van der Waals surface area contributed by atoms with Crippen molar-refractivity contribution in [1.82, 2.24) is 10.2 Å². The molecule has 1 rings (SSSR count). The highest BCUT2D eigenvalue weighted by Gasteiger charge is 2.10. The molecule has 5 nitrogen and oxygen atoms in total. The van der Waals surface area contributed by atoms with Crippen LogP contribution in [0, 0.1) is 6.92 Å². The number of urea groups is 1. The minimum atomic E-state index is -0.529. The van der Waals surface area contributed by atoms with E-state index in [1.165, 1.54) is 4.90 Å². The van der Waals surface area contributed by atoms with Crippen LogP contribution < -0.4 is 10.1 Å². The van der Waals surface area contributed by atoms with Gasteiger partial charge in [-0.25, -0.2) is 4.79 Å². The van der Waals surface area contributed by atoms with E-state index < -0.39 is 6.10 Å². The number of hydrogen-bond donors (Lipinski definition) is 2. The lowest BCUT2D eigenvalue weighted by molar-refractivity contribution is 0.143. The predicted octanol–water partition coefficient (Wildman–Crippen LogP) is 1.92. The van der Waals surface area contributed by atoms with Gasteiger partial charge in [-0.05, 0) is 38.0 Å². The highest BCUT2D eigenvalue weighted by molar-refractivity contribution is 5.73. The van der Waals surface area contributed by atoms with Gasteiger partial charge in [-0.3, -0.25) is 0 Å². The van der Waals surface area contributed by atoms with Crippen molar-refractivity contribution in [3.63, 3.8) is 0 Å². The van der Waals surface area contributed by atoms with E-state index in [1.54, 1.807) is 14.0 Å². The maximum atomic E-state index is 11.8. The van der Waals surface area contributed by atoms with E-state index in [0.717, 1.165) is 16.9 Å². The molecule has 0 aromatic heterocycles. The Kier molecular flexibility index (Phi) is 6.31. The second kappa shape index (κ2) is 7.75. The second-order valence-electron chi connectivity index (χ2n) is 4.92. The SMILES string of the molecule is CCOc1ccc(CNC(=O)N(C)CC(C)O)cc1C. The summed E-state index contributed by atoms with van der Waals surface area (Å²) in [5.74, 6) is 0.869. The summed E-state index contributed by atoms with van der Waals surface area (Å²) < 4.78 is 5.48. The Morgan fingerprint density at radius 3 is 2.75 bits per heavy atom. The number of carbonyl (C=O) groups excluding carboxylic acids is 1. The van der Waals surface area contributed by atoms with Crippen molar-refractivity contribution in [3.05, 3.63) is 29.3 Å². The largest absolute Gasteiger partial charge is 0.494 e. The minimum absolute atomic E-state index is 0.197. The van der Waals surface area contributed by atoms with Crippen LogP contribution in [0.5, 0.6) is 5.75 Å². The molecule has 0 heterocycles.